The third kappa shape index (κ3) is 3.85. The number of carbonyl (C=O) groups is 2. The van der Waals surface area contributed by atoms with Gasteiger partial charge in [-0.3, -0.25) is 29.5 Å². The lowest BCUT2D eigenvalue weighted by Crippen LogP contribution is -2.62. The predicted molar refractivity (Wildman–Crippen MR) is 166 cm³/mol. The van der Waals surface area contributed by atoms with Gasteiger partial charge in [-0.05, 0) is 36.4 Å². The molecule has 0 N–H and O–H groups in total. The lowest BCUT2D eigenvalue weighted by Gasteiger charge is -2.42. The molecule has 2 amide bonds. The summed E-state index contributed by atoms with van der Waals surface area (Å²) in [4.78, 5) is 46.7. The zero-order valence-corrected chi connectivity index (χ0v) is 24.7. The van der Waals surface area contributed by atoms with Gasteiger partial charge in [-0.15, -0.1) is 0 Å². The Labute approximate surface area is 257 Å². The largest absolute Gasteiger partial charge is 0.467 e. The summed E-state index contributed by atoms with van der Waals surface area (Å²) in [5.74, 6) is -0.575. The van der Waals surface area contributed by atoms with Gasteiger partial charge in [0.2, 0.25) is 5.91 Å². The van der Waals surface area contributed by atoms with Crippen molar-refractivity contribution in [3.63, 3.8) is 0 Å². The average Bonchev–Trinajstić information content (AvgIpc) is 3.74. The number of carbonyl (C=O) groups excluding carboxylic acids is 2. The molecular weight excluding hydrogens is 585 g/mol. The van der Waals surface area contributed by atoms with Crippen molar-refractivity contribution in [1.82, 2.24) is 9.80 Å². The maximum absolute atomic E-state index is 15.1. The van der Waals surface area contributed by atoms with E-state index in [1.54, 1.807) is 29.2 Å². The van der Waals surface area contributed by atoms with Crippen LogP contribution in [0, 0.1) is 10.1 Å². The number of nitro benzene ring substituents is 1. The van der Waals surface area contributed by atoms with Crippen molar-refractivity contribution in [2.45, 2.75) is 29.3 Å². The predicted octanol–water partition coefficient (Wildman–Crippen LogP) is 5.46. The van der Waals surface area contributed by atoms with Crippen molar-refractivity contribution in [2.24, 2.45) is 0 Å². The molecule has 2 fully saturated rings. The van der Waals surface area contributed by atoms with Crippen LogP contribution in [0.1, 0.15) is 28.4 Å². The molecule has 216 valence electrons. The van der Waals surface area contributed by atoms with Crippen LogP contribution in [-0.4, -0.2) is 49.2 Å². The molecule has 0 radical (unpaired) electrons. The second-order valence-corrected chi connectivity index (χ2v) is 12.8. The number of amides is 2. The van der Waals surface area contributed by atoms with Crippen LogP contribution >= 0.6 is 24.0 Å². The number of thioether (sulfide) groups is 1. The highest BCUT2D eigenvalue weighted by Gasteiger charge is 2.78. The standard InChI is InChI=1S/C32H26N4O5S2/c1-33-20-26(22-11-7-12-23(17-22)36(39)40)32(29(38)35(30(42)43-32)19-24-13-8-16-41-24)31(33)25-14-5-6-15-27(25)34(28(31)37)18-21-9-3-2-4-10-21/h2-17,26H,18-20H2,1H3. The van der Waals surface area contributed by atoms with E-state index in [9.17, 15) is 10.1 Å². The maximum Gasteiger partial charge on any atom is 0.269 e. The smallest absolute Gasteiger partial charge is 0.269 e. The van der Waals surface area contributed by atoms with E-state index < -0.39 is 21.1 Å². The minimum atomic E-state index is -1.45. The molecule has 2 spiro atoms. The number of fused-ring (bicyclic) bond motifs is 3. The molecule has 4 aromatic rings. The molecule has 0 bridgehead atoms. The van der Waals surface area contributed by atoms with Crippen molar-refractivity contribution in [2.75, 3.05) is 18.5 Å². The van der Waals surface area contributed by atoms with Gasteiger partial charge in [0.1, 0.15) is 14.8 Å². The highest BCUT2D eigenvalue weighted by Crippen LogP contribution is 2.67. The summed E-state index contributed by atoms with van der Waals surface area (Å²) in [5, 5.41) is 11.8. The monoisotopic (exact) mass is 610 g/mol. The number of benzene rings is 3. The summed E-state index contributed by atoms with van der Waals surface area (Å²) in [6.45, 7) is 0.740. The van der Waals surface area contributed by atoms with Crippen molar-refractivity contribution in [3.05, 3.63) is 130 Å². The number of nitrogens with zero attached hydrogens (tertiary/aromatic N) is 4. The molecule has 3 aliphatic rings. The summed E-state index contributed by atoms with van der Waals surface area (Å²) in [6, 6.07) is 27.2. The average molecular weight is 611 g/mol. The molecule has 11 heteroatoms. The first-order valence-electron chi connectivity index (χ1n) is 13.8. The van der Waals surface area contributed by atoms with Gasteiger partial charge < -0.3 is 9.32 Å². The van der Waals surface area contributed by atoms with Crippen molar-refractivity contribution < 1.29 is 18.9 Å². The summed E-state index contributed by atoms with van der Waals surface area (Å²) < 4.78 is 4.46. The molecule has 4 heterocycles. The molecular formula is C32H26N4O5S2. The third-order valence-corrected chi connectivity index (χ3v) is 10.7. The van der Waals surface area contributed by atoms with E-state index in [2.05, 4.69) is 0 Å². The van der Waals surface area contributed by atoms with E-state index in [-0.39, 0.29) is 24.0 Å². The van der Waals surface area contributed by atoms with E-state index in [0.29, 0.717) is 28.7 Å². The Bertz CT molecular complexity index is 1780. The van der Waals surface area contributed by atoms with Crippen LogP contribution in [0.15, 0.2) is 102 Å². The minimum absolute atomic E-state index is 0.0782. The third-order valence-electron chi connectivity index (χ3n) is 8.79. The first-order valence-corrected chi connectivity index (χ1v) is 15.0. The van der Waals surface area contributed by atoms with Gasteiger partial charge >= 0.3 is 0 Å². The number of nitro groups is 1. The van der Waals surface area contributed by atoms with Crippen LogP contribution in [0.4, 0.5) is 11.4 Å². The van der Waals surface area contributed by atoms with Gasteiger partial charge in [-0.25, -0.2) is 0 Å². The Balaban J connectivity index is 1.45. The number of furan rings is 1. The SMILES string of the molecule is CN1CC(c2cccc([N+](=O)[O-])c2)C2(SC(=S)N(Cc3ccco3)C2=O)C12C(=O)N(Cc1ccccc1)c1ccccc12. The van der Waals surface area contributed by atoms with E-state index >= 15 is 9.59 Å². The van der Waals surface area contributed by atoms with E-state index in [0.717, 1.165) is 16.8 Å². The molecule has 7 rings (SSSR count). The fourth-order valence-electron chi connectivity index (χ4n) is 7.02. The van der Waals surface area contributed by atoms with Crippen LogP contribution in [-0.2, 0) is 28.2 Å². The maximum atomic E-state index is 15.1. The number of rotatable bonds is 6. The molecule has 2 saturated heterocycles. The fraction of sp³-hybridized carbons (Fsp3) is 0.219. The van der Waals surface area contributed by atoms with Crippen LogP contribution in [0.5, 0.6) is 0 Å². The molecule has 1 aromatic heterocycles. The van der Waals surface area contributed by atoms with Crippen molar-refractivity contribution in [1.29, 1.82) is 0 Å². The van der Waals surface area contributed by atoms with E-state index in [1.807, 2.05) is 66.5 Å². The second kappa shape index (κ2) is 10.1. The lowest BCUT2D eigenvalue weighted by atomic mass is 9.72. The Morgan fingerprint density at radius 1 is 0.953 bits per heavy atom. The molecule has 9 nitrogen and oxygen atoms in total. The van der Waals surface area contributed by atoms with Gasteiger partial charge in [0.15, 0.2) is 5.54 Å². The topological polar surface area (TPSA) is 100 Å². The highest BCUT2D eigenvalue weighted by atomic mass is 32.2. The highest BCUT2D eigenvalue weighted by molar-refractivity contribution is 8.25. The Morgan fingerprint density at radius 2 is 1.72 bits per heavy atom. The van der Waals surface area contributed by atoms with Crippen LogP contribution < -0.4 is 4.90 Å². The quantitative estimate of drug-likeness (QED) is 0.161. The minimum Gasteiger partial charge on any atom is -0.467 e. The van der Waals surface area contributed by atoms with Crippen LogP contribution in [0.25, 0.3) is 0 Å². The molecule has 3 aromatic carbocycles. The van der Waals surface area contributed by atoms with Crippen molar-refractivity contribution in [3.8, 4) is 0 Å². The lowest BCUT2D eigenvalue weighted by molar-refractivity contribution is -0.384. The number of hydrogen-bond donors (Lipinski definition) is 0. The second-order valence-electron chi connectivity index (χ2n) is 11.0. The Kier molecular flexibility index (Phi) is 6.49. The van der Waals surface area contributed by atoms with Gasteiger partial charge in [0.25, 0.3) is 11.6 Å². The van der Waals surface area contributed by atoms with E-state index in [1.165, 1.54) is 35.1 Å². The van der Waals surface area contributed by atoms with Crippen LogP contribution in [0.2, 0.25) is 0 Å². The summed E-state index contributed by atoms with van der Waals surface area (Å²) >= 11 is 7.09. The zero-order valence-electron chi connectivity index (χ0n) is 23.1. The van der Waals surface area contributed by atoms with Gasteiger partial charge in [0, 0.05) is 35.8 Å². The van der Waals surface area contributed by atoms with Crippen LogP contribution in [0.3, 0.4) is 0 Å². The first kappa shape index (κ1) is 27.5. The number of likely N-dealkylation sites (tertiary alicyclic amines) is 1. The number of para-hydroxylation sites is 1. The molecule has 3 unspecified atom stereocenters. The van der Waals surface area contributed by atoms with Crippen molar-refractivity contribution >= 4 is 51.5 Å². The number of thiocarbonyl (C=S) groups is 1. The molecule has 3 aliphatic heterocycles. The van der Waals surface area contributed by atoms with Gasteiger partial charge in [-0.1, -0.05) is 84.6 Å². The molecule has 43 heavy (non-hydrogen) atoms. The number of likely N-dealkylation sites (N-methyl/N-ethyl adjacent to an activating group) is 1. The Morgan fingerprint density at radius 3 is 2.47 bits per heavy atom. The van der Waals surface area contributed by atoms with Gasteiger partial charge in [0.05, 0.1) is 24.3 Å². The molecule has 0 saturated carbocycles. The molecule has 0 aliphatic carbocycles. The fourth-order valence-corrected chi connectivity index (χ4v) is 9.15. The number of hydrogen-bond acceptors (Lipinski definition) is 8. The summed E-state index contributed by atoms with van der Waals surface area (Å²) in [7, 11) is 1.85. The van der Waals surface area contributed by atoms with E-state index in [4.69, 9.17) is 16.6 Å². The first-order chi connectivity index (χ1) is 20.8. The summed E-state index contributed by atoms with van der Waals surface area (Å²) in [5.41, 5.74) is 1.49. The molecule has 3 atom stereocenters. The number of anilines is 1. The number of non-ortho nitro benzene ring substituents is 1. The summed E-state index contributed by atoms with van der Waals surface area (Å²) in [6.07, 6.45) is 1.54. The zero-order chi connectivity index (χ0) is 29.9. The van der Waals surface area contributed by atoms with Gasteiger partial charge in [-0.2, -0.15) is 0 Å². The normalized spacial score (nSPS) is 25.0. The Hall–Kier alpha value is -4.32.